The van der Waals surface area contributed by atoms with E-state index in [0.29, 0.717) is 6.04 Å². The summed E-state index contributed by atoms with van der Waals surface area (Å²) in [5.41, 5.74) is 4.15. The average molecular weight is 280 g/mol. The van der Waals surface area contributed by atoms with E-state index in [-0.39, 0.29) is 0 Å². The van der Waals surface area contributed by atoms with Crippen LogP contribution in [-0.4, -0.2) is 13.1 Å². The summed E-state index contributed by atoms with van der Waals surface area (Å²) in [6.45, 7) is 5.55. The minimum Gasteiger partial charge on any atom is -0.371 e. The standard InChI is InChI=1S/C19H24N2/c1-16(17-9-3-2-4-10-17)20-15-18-11-5-6-12-19(18)21-13-7-8-14-21/h2-6,9-12,16,20H,7-8,13-15H2,1H3/t16-/m0/s1. The quantitative estimate of drug-likeness (QED) is 0.885. The maximum atomic E-state index is 3.65. The van der Waals surface area contributed by atoms with E-state index in [1.807, 2.05) is 0 Å². The van der Waals surface area contributed by atoms with Crippen molar-refractivity contribution in [1.82, 2.24) is 5.32 Å². The molecule has 0 radical (unpaired) electrons. The first kappa shape index (κ1) is 14.2. The van der Waals surface area contributed by atoms with Gasteiger partial charge < -0.3 is 10.2 Å². The highest BCUT2D eigenvalue weighted by atomic mass is 15.1. The predicted octanol–water partition coefficient (Wildman–Crippen LogP) is 4.14. The van der Waals surface area contributed by atoms with E-state index in [0.717, 1.165) is 6.54 Å². The van der Waals surface area contributed by atoms with Crippen LogP contribution in [0.15, 0.2) is 54.6 Å². The monoisotopic (exact) mass is 280 g/mol. The van der Waals surface area contributed by atoms with Crippen molar-refractivity contribution in [3.05, 3.63) is 65.7 Å². The van der Waals surface area contributed by atoms with Crippen LogP contribution in [0.25, 0.3) is 0 Å². The number of para-hydroxylation sites is 1. The Morgan fingerprint density at radius 2 is 1.62 bits per heavy atom. The molecule has 1 N–H and O–H groups in total. The van der Waals surface area contributed by atoms with E-state index in [4.69, 9.17) is 0 Å². The van der Waals surface area contributed by atoms with Gasteiger partial charge in [-0.25, -0.2) is 0 Å². The van der Waals surface area contributed by atoms with Crippen LogP contribution in [0.1, 0.15) is 36.9 Å². The molecule has 1 fully saturated rings. The molecule has 110 valence electrons. The van der Waals surface area contributed by atoms with Gasteiger partial charge >= 0.3 is 0 Å². The molecule has 2 aromatic rings. The van der Waals surface area contributed by atoms with Crippen LogP contribution in [0.2, 0.25) is 0 Å². The van der Waals surface area contributed by atoms with Gasteiger partial charge in [0, 0.05) is 31.4 Å². The van der Waals surface area contributed by atoms with Crippen molar-refractivity contribution in [1.29, 1.82) is 0 Å². The summed E-state index contributed by atoms with van der Waals surface area (Å²) in [5, 5.41) is 3.65. The van der Waals surface area contributed by atoms with Crippen LogP contribution in [0.4, 0.5) is 5.69 Å². The molecule has 21 heavy (non-hydrogen) atoms. The third kappa shape index (κ3) is 3.45. The first-order chi connectivity index (χ1) is 10.3. The molecule has 1 aliphatic rings. The van der Waals surface area contributed by atoms with Gasteiger partial charge in [0.2, 0.25) is 0 Å². The fourth-order valence-corrected chi connectivity index (χ4v) is 3.05. The average Bonchev–Trinajstić information content (AvgIpc) is 3.08. The third-order valence-electron chi connectivity index (χ3n) is 4.34. The van der Waals surface area contributed by atoms with Crippen LogP contribution >= 0.6 is 0 Å². The zero-order valence-electron chi connectivity index (χ0n) is 12.8. The van der Waals surface area contributed by atoms with Gasteiger partial charge in [0.25, 0.3) is 0 Å². The molecular formula is C19H24N2. The molecule has 2 nitrogen and oxygen atoms in total. The second-order valence-corrected chi connectivity index (χ2v) is 5.84. The molecule has 0 bridgehead atoms. The van der Waals surface area contributed by atoms with Gasteiger partial charge in [0.15, 0.2) is 0 Å². The summed E-state index contributed by atoms with van der Waals surface area (Å²) in [6, 6.07) is 19.8. The highest BCUT2D eigenvalue weighted by Gasteiger charge is 2.15. The predicted molar refractivity (Wildman–Crippen MR) is 89.6 cm³/mol. The van der Waals surface area contributed by atoms with Crippen LogP contribution in [0.5, 0.6) is 0 Å². The maximum Gasteiger partial charge on any atom is 0.0411 e. The molecule has 2 aromatic carbocycles. The van der Waals surface area contributed by atoms with Gasteiger partial charge in [-0.05, 0) is 37.0 Å². The van der Waals surface area contributed by atoms with Gasteiger partial charge in [-0.1, -0.05) is 48.5 Å². The van der Waals surface area contributed by atoms with Crippen LogP contribution in [0.3, 0.4) is 0 Å². The normalized spacial score (nSPS) is 16.1. The number of anilines is 1. The molecule has 1 saturated heterocycles. The molecule has 1 heterocycles. The van der Waals surface area contributed by atoms with Gasteiger partial charge in [-0.15, -0.1) is 0 Å². The fraction of sp³-hybridized carbons (Fsp3) is 0.368. The minimum atomic E-state index is 0.373. The van der Waals surface area contributed by atoms with E-state index in [1.54, 1.807) is 0 Å². The van der Waals surface area contributed by atoms with Crippen LogP contribution < -0.4 is 10.2 Å². The van der Waals surface area contributed by atoms with E-state index >= 15 is 0 Å². The van der Waals surface area contributed by atoms with Crippen molar-refractivity contribution >= 4 is 5.69 Å². The van der Waals surface area contributed by atoms with E-state index in [2.05, 4.69) is 71.7 Å². The van der Waals surface area contributed by atoms with Crippen molar-refractivity contribution in [3.63, 3.8) is 0 Å². The van der Waals surface area contributed by atoms with Crippen molar-refractivity contribution in [3.8, 4) is 0 Å². The number of rotatable bonds is 5. The van der Waals surface area contributed by atoms with Crippen molar-refractivity contribution in [2.24, 2.45) is 0 Å². The lowest BCUT2D eigenvalue weighted by Crippen LogP contribution is -2.23. The summed E-state index contributed by atoms with van der Waals surface area (Å²) in [7, 11) is 0. The van der Waals surface area contributed by atoms with Crippen molar-refractivity contribution < 1.29 is 0 Å². The molecule has 1 aliphatic heterocycles. The molecular weight excluding hydrogens is 256 g/mol. The molecule has 0 amide bonds. The third-order valence-corrected chi connectivity index (χ3v) is 4.34. The van der Waals surface area contributed by atoms with Crippen LogP contribution in [0, 0.1) is 0 Å². The van der Waals surface area contributed by atoms with E-state index < -0.39 is 0 Å². The lowest BCUT2D eigenvalue weighted by molar-refractivity contribution is 0.574. The number of nitrogens with one attached hydrogen (secondary N) is 1. The second-order valence-electron chi connectivity index (χ2n) is 5.84. The summed E-state index contributed by atoms with van der Waals surface area (Å²) < 4.78 is 0. The Bertz CT molecular complexity index is 559. The molecule has 2 heteroatoms. The van der Waals surface area contributed by atoms with E-state index in [1.165, 1.54) is 42.7 Å². The Morgan fingerprint density at radius 1 is 0.952 bits per heavy atom. The molecule has 0 unspecified atom stereocenters. The Kier molecular flexibility index (Phi) is 4.56. The van der Waals surface area contributed by atoms with Crippen LogP contribution in [-0.2, 0) is 6.54 Å². The Labute approximate surface area is 127 Å². The number of nitrogens with zero attached hydrogens (tertiary/aromatic N) is 1. The molecule has 1 atom stereocenters. The van der Waals surface area contributed by atoms with Gasteiger partial charge in [0.05, 0.1) is 0 Å². The number of benzene rings is 2. The molecule has 0 saturated carbocycles. The topological polar surface area (TPSA) is 15.3 Å². The lowest BCUT2D eigenvalue weighted by atomic mass is 10.1. The lowest BCUT2D eigenvalue weighted by Gasteiger charge is -2.22. The highest BCUT2D eigenvalue weighted by Crippen LogP contribution is 2.25. The highest BCUT2D eigenvalue weighted by molar-refractivity contribution is 5.54. The number of hydrogen-bond donors (Lipinski definition) is 1. The Balaban J connectivity index is 1.68. The summed E-state index contributed by atoms with van der Waals surface area (Å²) in [5.74, 6) is 0. The first-order valence-corrected chi connectivity index (χ1v) is 7.96. The molecule has 3 rings (SSSR count). The number of hydrogen-bond acceptors (Lipinski definition) is 2. The van der Waals surface area contributed by atoms with E-state index in [9.17, 15) is 0 Å². The SMILES string of the molecule is C[C@H](NCc1ccccc1N1CCCC1)c1ccccc1. The zero-order valence-corrected chi connectivity index (χ0v) is 12.8. The second kappa shape index (κ2) is 6.77. The zero-order chi connectivity index (χ0) is 14.5. The van der Waals surface area contributed by atoms with Gasteiger partial charge in [0.1, 0.15) is 0 Å². The van der Waals surface area contributed by atoms with Crippen molar-refractivity contribution in [2.45, 2.75) is 32.4 Å². The van der Waals surface area contributed by atoms with Gasteiger partial charge in [-0.2, -0.15) is 0 Å². The fourth-order valence-electron chi connectivity index (χ4n) is 3.05. The first-order valence-electron chi connectivity index (χ1n) is 7.96. The summed E-state index contributed by atoms with van der Waals surface area (Å²) in [6.07, 6.45) is 2.64. The summed E-state index contributed by atoms with van der Waals surface area (Å²) in [4.78, 5) is 2.52. The molecule has 0 spiro atoms. The largest absolute Gasteiger partial charge is 0.371 e. The van der Waals surface area contributed by atoms with Crippen molar-refractivity contribution in [2.75, 3.05) is 18.0 Å². The molecule has 0 aromatic heterocycles. The Morgan fingerprint density at radius 3 is 2.38 bits per heavy atom. The molecule has 0 aliphatic carbocycles. The smallest absolute Gasteiger partial charge is 0.0411 e. The maximum absolute atomic E-state index is 3.65. The van der Waals surface area contributed by atoms with Gasteiger partial charge in [-0.3, -0.25) is 0 Å². The summed E-state index contributed by atoms with van der Waals surface area (Å²) >= 11 is 0. The Hall–Kier alpha value is -1.80. The minimum absolute atomic E-state index is 0.373.